The first kappa shape index (κ1) is 19.9. The molecular formula is C21H20ClNO2S2. The fourth-order valence-corrected chi connectivity index (χ4v) is 3.98. The van der Waals surface area contributed by atoms with Crippen LogP contribution in [0.3, 0.4) is 0 Å². The topological polar surface area (TPSA) is 29.5 Å². The van der Waals surface area contributed by atoms with Gasteiger partial charge in [0.05, 0.1) is 4.91 Å². The van der Waals surface area contributed by atoms with E-state index in [0.717, 1.165) is 16.9 Å². The van der Waals surface area contributed by atoms with Crippen molar-refractivity contribution in [2.75, 3.05) is 6.54 Å². The number of amides is 1. The summed E-state index contributed by atoms with van der Waals surface area (Å²) in [7, 11) is 0. The van der Waals surface area contributed by atoms with Crippen LogP contribution in [0.2, 0.25) is 5.02 Å². The van der Waals surface area contributed by atoms with E-state index in [0.29, 0.717) is 33.3 Å². The van der Waals surface area contributed by atoms with Gasteiger partial charge >= 0.3 is 0 Å². The molecule has 0 unspecified atom stereocenters. The van der Waals surface area contributed by atoms with Gasteiger partial charge < -0.3 is 4.74 Å². The van der Waals surface area contributed by atoms with Gasteiger partial charge in [-0.2, -0.15) is 0 Å². The maximum Gasteiger partial charge on any atom is 0.266 e. The summed E-state index contributed by atoms with van der Waals surface area (Å²) in [6.07, 6.45) is 1.88. The Hall–Kier alpha value is -1.82. The van der Waals surface area contributed by atoms with Crippen LogP contribution in [0.25, 0.3) is 6.08 Å². The Morgan fingerprint density at radius 3 is 2.44 bits per heavy atom. The van der Waals surface area contributed by atoms with Crippen LogP contribution in [0.5, 0.6) is 5.75 Å². The number of hydrogen-bond donors (Lipinski definition) is 0. The third-order valence-corrected chi connectivity index (χ3v) is 5.55. The average molecular weight is 418 g/mol. The number of carbonyl (C=O) groups excluding carboxylic acids is 1. The summed E-state index contributed by atoms with van der Waals surface area (Å²) in [5, 5.41) is 0.710. The zero-order valence-corrected chi connectivity index (χ0v) is 17.5. The minimum absolute atomic E-state index is 0.0123. The van der Waals surface area contributed by atoms with Gasteiger partial charge in [0.1, 0.15) is 16.7 Å². The highest BCUT2D eigenvalue weighted by atomic mass is 35.5. The van der Waals surface area contributed by atoms with Crippen LogP contribution in [-0.2, 0) is 11.4 Å². The van der Waals surface area contributed by atoms with Gasteiger partial charge in [-0.3, -0.25) is 9.69 Å². The highest BCUT2D eigenvalue weighted by molar-refractivity contribution is 8.26. The van der Waals surface area contributed by atoms with Gasteiger partial charge in [0, 0.05) is 11.6 Å². The van der Waals surface area contributed by atoms with Gasteiger partial charge in [-0.25, -0.2) is 0 Å². The molecule has 0 atom stereocenters. The molecule has 1 amide bonds. The van der Waals surface area contributed by atoms with Gasteiger partial charge in [0.25, 0.3) is 5.91 Å². The fraction of sp³-hybridized carbons (Fsp3) is 0.238. The predicted octanol–water partition coefficient (Wildman–Crippen LogP) is 5.78. The van der Waals surface area contributed by atoms with Gasteiger partial charge in [0.15, 0.2) is 0 Å². The lowest BCUT2D eigenvalue weighted by Gasteiger charge is -2.16. The van der Waals surface area contributed by atoms with Crippen LogP contribution in [0.15, 0.2) is 53.4 Å². The summed E-state index contributed by atoms with van der Waals surface area (Å²) in [4.78, 5) is 14.9. The molecule has 0 spiro atoms. The molecule has 6 heteroatoms. The Labute approximate surface area is 174 Å². The zero-order valence-electron chi connectivity index (χ0n) is 15.1. The summed E-state index contributed by atoms with van der Waals surface area (Å²) in [6, 6.07) is 15.2. The van der Waals surface area contributed by atoms with E-state index in [4.69, 9.17) is 28.6 Å². The van der Waals surface area contributed by atoms with E-state index in [1.54, 1.807) is 4.90 Å². The number of ether oxygens (including phenoxy) is 1. The smallest absolute Gasteiger partial charge is 0.266 e. The zero-order chi connectivity index (χ0) is 19.4. The third-order valence-electron chi connectivity index (χ3n) is 3.92. The Morgan fingerprint density at radius 1 is 1.15 bits per heavy atom. The first-order valence-electron chi connectivity index (χ1n) is 8.65. The molecule has 1 aliphatic rings. The van der Waals surface area contributed by atoms with Gasteiger partial charge in [0.2, 0.25) is 0 Å². The maximum atomic E-state index is 12.5. The van der Waals surface area contributed by atoms with E-state index in [9.17, 15) is 4.79 Å². The molecule has 3 rings (SSSR count). The molecule has 0 radical (unpaired) electrons. The Morgan fingerprint density at radius 2 is 1.81 bits per heavy atom. The minimum Gasteiger partial charge on any atom is -0.489 e. The van der Waals surface area contributed by atoms with Gasteiger partial charge in [-0.05, 0) is 47.4 Å². The number of benzene rings is 2. The standard InChI is InChI=1S/C21H20ClNO2S2/c1-14(2)12-23-20(24)19(27-21(23)26)11-15-5-9-18(10-6-15)25-13-16-3-7-17(22)8-4-16/h3-11,14H,12-13H2,1-2H3/b19-11-. The molecule has 1 aliphatic heterocycles. The Bertz CT molecular complexity index is 861. The number of thiocarbonyl (C=S) groups is 1. The van der Waals surface area contributed by atoms with Crippen LogP contribution in [-0.4, -0.2) is 21.7 Å². The average Bonchev–Trinajstić information content (AvgIpc) is 2.89. The second-order valence-electron chi connectivity index (χ2n) is 6.67. The highest BCUT2D eigenvalue weighted by Gasteiger charge is 2.32. The molecule has 1 fully saturated rings. The van der Waals surface area contributed by atoms with E-state index in [2.05, 4.69) is 13.8 Å². The van der Waals surface area contributed by atoms with Crippen LogP contribution >= 0.6 is 35.6 Å². The van der Waals surface area contributed by atoms with Gasteiger partial charge in [-0.15, -0.1) is 0 Å². The van der Waals surface area contributed by atoms with E-state index in [1.807, 2.05) is 54.6 Å². The molecule has 1 heterocycles. The molecule has 0 N–H and O–H groups in total. The molecule has 0 bridgehead atoms. The van der Waals surface area contributed by atoms with E-state index in [1.165, 1.54) is 11.8 Å². The quantitative estimate of drug-likeness (QED) is 0.440. The van der Waals surface area contributed by atoms with Crippen molar-refractivity contribution in [1.29, 1.82) is 0 Å². The largest absolute Gasteiger partial charge is 0.489 e. The number of rotatable bonds is 6. The number of carbonyl (C=O) groups is 1. The van der Waals surface area contributed by atoms with Crippen molar-refractivity contribution >= 4 is 51.9 Å². The lowest BCUT2D eigenvalue weighted by Crippen LogP contribution is -2.31. The summed E-state index contributed by atoms with van der Waals surface area (Å²) >= 11 is 12.6. The second-order valence-corrected chi connectivity index (χ2v) is 8.78. The molecule has 2 aromatic rings. The summed E-state index contributed by atoms with van der Waals surface area (Å²) in [5.41, 5.74) is 2.00. The lowest BCUT2D eigenvalue weighted by atomic mass is 10.2. The fourth-order valence-electron chi connectivity index (χ4n) is 2.58. The summed E-state index contributed by atoms with van der Waals surface area (Å²) < 4.78 is 6.42. The number of thioether (sulfide) groups is 1. The molecule has 1 saturated heterocycles. The molecule has 0 aliphatic carbocycles. The molecule has 2 aromatic carbocycles. The molecular weight excluding hydrogens is 398 g/mol. The second kappa shape index (κ2) is 8.91. The Balaban J connectivity index is 1.63. The molecule has 27 heavy (non-hydrogen) atoms. The van der Waals surface area contributed by atoms with Crippen LogP contribution in [0, 0.1) is 5.92 Å². The predicted molar refractivity (Wildman–Crippen MR) is 117 cm³/mol. The first-order chi connectivity index (χ1) is 12.9. The summed E-state index contributed by atoms with van der Waals surface area (Å²) in [6.45, 7) is 5.28. The van der Waals surface area contributed by atoms with Crippen molar-refractivity contribution in [3.63, 3.8) is 0 Å². The monoisotopic (exact) mass is 417 g/mol. The number of halogens is 1. The van der Waals surface area contributed by atoms with Crippen molar-refractivity contribution in [2.24, 2.45) is 5.92 Å². The van der Waals surface area contributed by atoms with Crippen LogP contribution in [0.4, 0.5) is 0 Å². The van der Waals surface area contributed by atoms with Crippen LogP contribution in [0.1, 0.15) is 25.0 Å². The van der Waals surface area contributed by atoms with Crippen molar-refractivity contribution in [3.05, 3.63) is 69.6 Å². The normalized spacial score (nSPS) is 15.9. The summed E-state index contributed by atoms with van der Waals surface area (Å²) in [5.74, 6) is 1.14. The van der Waals surface area contributed by atoms with Crippen molar-refractivity contribution < 1.29 is 9.53 Å². The highest BCUT2D eigenvalue weighted by Crippen LogP contribution is 2.33. The van der Waals surface area contributed by atoms with E-state index >= 15 is 0 Å². The molecule has 0 aromatic heterocycles. The first-order valence-corrected chi connectivity index (χ1v) is 10.3. The van der Waals surface area contributed by atoms with Crippen molar-refractivity contribution in [2.45, 2.75) is 20.5 Å². The van der Waals surface area contributed by atoms with Crippen molar-refractivity contribution in [3.8, 4) is 5.75 Å². The minimum atomic E-state index is -0.0123. The Kier molecular flexibility index (Phi) is 6.58. The van der Waals surface area contributed by atoms with Crippen LogP contribution < -0.4 is 4.74 Å². The molecule has 140 valence electrons. The SMILES string of the molecule is CC(C)CN1C(=O)/C(=C/c2ccc(OCc3ccc(Cl)cc3)cc2)SC1=S. The molecule has 0 saturated carbocycles. The van der Waals surface area contributed by atoms with Gasteiger partial charge in [-0.1, -0.05) is 73.7 Å². The van der Waals surface area contributed by atoms with E-state index < -0.39 is 0 Å². The maximum absolute atomic E-state index is 12.5. The van der Waals surface area contributed by atoms with E-state index in [-0.39, 0.29) is 5.91 Å². The number of nitrogens with zero attached hydrogens (tertiary/aromatic N) is 1. The third kappa shape index (κ3) is 5.34. The molecule has 3 nitrogen and oxygen atoms in total. The number of hydrogen-bond acceptors (Lipinski definition) is 4. The van der Waals surface area contributed by atoms with Crippen molar-refractivity contribution in [1.82, 2.24) is 4.90 Å². The lowest BCUT2D eigenvalue weighted by molar-refractivity contribution is -0.122.